The number of fused-ring (bicyclic) bond motifs is 1. The minimum Gasteiger partial charge on any atom is -0.481 e. The standard InChI is InChI=1S/C14H16N2O2S/c1-9-6-16(7-10(9)14(17)18)8-13-15-11-4-2-3-5-12(11)19-13/h2-5,9-10H,6-8H2,1H3,(H,17,18)/t9-,10-/m1/s1. The maximum atomic E-state index is 11.1. The second-order valence-electron chi connectivity index (χ2n) is 5.19. The van der Waals surface area contributed by atoms with Gasteiger partial charge in [-0.2, -0.15) is 0 Å². The van der Waals surface area contributed by atoms with E-state index in [1.807, 2.05) is 25.1 Å². The Hall–Kier alpha value is -1.46. The van der Waals surface area contributed by atoms with Crippen molar-refractivity contribution in [1.29, 1.82) is 0 Å². The molecule has 0 bridgehead atoms. The third kappa shape index (κ3) is 2.48. The summed E-state index contributed by atoms with van der Waals surface area (Å²) in [5, 5.41) is 10.2. The lowest BCUT2D eigenvalue weighted by atomic mass is 9.99. The molecule has 3 rings (SSSR count). The van der Waals surface area contributed by atoms with Crippen LogP contribution in [0.3, 0.4) is 0 Å². The van der Waals surface area contributed by atoms with Crippen LogP contribution >= 0.6 is 11.3 Å². The summed E-state index contributed by atoms with van der Waals surface area (Å²) >= 11 is 1.69. The van der Waals surface area contributed by atoms with E-state index in [1.165, 1.54) is 4.70 Å². The first kappa shape index (κ1) is 12.6. The number of thiazole rings is 1. The van der Waals surface area contributed by atoms with E-state index in [9.17, 15) is 4.79 Å². The molecule has 1 aromatic carbocycles. The predicted molar refractivity (Wildman–Crippen MR) is 75.2 cm³/mol. The molecule has 0 unspecified atom stereocenters. The first-order valence-corrected chi connectivity index (χ1v) is 7.25. The highest BCUT2D eigenvalue weighted by Crippen LogP contribution is 2.27. The van der Waals surface area contributed by atoms with Crippen LogP contribution in [0, 0.1) is 11.8 Å². The number of para-hydroxylation sites is 1. The molecule has 1 aliphatic heterocycles. The average Bonchev–Trinajstić information content (AvgIpc) is 2.92. The van der Waals surface area contributed by atoms with E-state index in [2.05, 4.69) is 16.0 Å². The van der Waals surface area contributed by atoms with E-state index in [1.54, 1.807) is 11.3 Å². The topological polar surface area (TPSA) is 53.4 Å². The van der Waals surface area contributed by atoms with Gasteiger partial charge in [-0.15, -0.1) is 11.3 Å². The van der Waals surface area contributed by atoms with Gasteiger partial charge in [0.1, 0.15) is 5.01 Å². The predicted octanol–water partition coefficient (Wildman–Crippen LogP) is 2.45. The second-order valence-corrected chi connectivity index (χ2v) is 6.31. The number of nitrogens with zero attached hydrogens (tertiary/aromatic N) is 2. The van der Waals surface area contributed by atoms with Gasteiger partial charge < -0.3 is 5.11 Å². The number of aliphatic carboxylic acids is 1. The Morgan fingerprint density at radius 1 is 1.47 bits per heavy atom. The van der Waals surface area contributed by atoms with Crippen molar-refractivity contribution in [2.45, 2.75) is 13.5 Å². The number of benzene rings is 1. The molecule has 5 heteroatoms. The van der Waals surface area contributed by atoms with Crippen LogP contribution in [-0.2, 0) is 11.3 Å². The van der Waals surface area contributed by atoms with Crippen molar-refractivity contribution in [3.8, 4) is 0 Å². The van der Waals surface area contributed by atoms with Crippen molar-refractivity contribution in [2.75, 3.05) is 13.1 Å². The number of hydrogen-bond donors (Lipinski definition) is 1. The molecular formula is C14H16N2O2S. The summed E-state index contributed by atoms with van der Waals surface area (Å²) in [7, 11) is 0. The van der Waals surface area contributed by atoms with E-state index in [0.717, 1.165) is 23.6 Å². The smallest absolute Gasteiger partial charge is 0.308 e. The lowest BCUT2D eigenvalue weighted by Gasteiger charge is -2.12. The summed E-state index contributed by atoms with van der Waals surface area (Å²) in [6.45, 7) is 4.24. The number of aromatic nitrogens is 1. The Bertz CT molecular complexity index is 577. The maximum Gasteiger partial charge on any atom is 0.308 e. The molecule has 0 amide bonds. The highest BCUT2D eigenvalue weighted by molar-refractivity contribution is 7.18. The Balaban J connectivity index is 1.74. The maximum absolute atomic E-state index is 11.1. The van der Waals surface area contributed by atoms with Crippen LogP contribution in [-0.4, -0.2) is 34.0 Å². The number of carboxylic acids is 1. The third-order valence-electron chi connectivity index (χ3n) is 3.70. The molecule has 1 aliphatic rings. The van der Waals surface area contributed by atoms with Gasteiger partial charge in [-0.25, -0.2) is 4.98 Å². The number of carboxylic acid groups (broad SMARTS) is 1. The summed E-state index contributed by atoms with van der Waals surface area (Å²) < 4.78 is 1.19. The fourth-order valence-corrected chi connectivity index (χ4v) is 3.71. The zero-order chi connectivity index (χ0) is 13.4. The van der Waals surface area contributed by atoms with E-state index in [0.29, 0.717) is 6.54 Å². The quantitative estimate of drug-likeness (QED) is 0.935. The summed E-state index contributed by atoms with van der Waals surface area (Å²) in [6, 6.07) is 8.10. The summed E-state index contributed by atoms with van der Waals surface area (Å²) in [5.74, 6) is -0.708. The zero-order valence-corrected chi connectivity index (χ0v) is 11.6. The molecule has 0 aliphatic carbocycles. The van der Waals surface area contributed by atoms with Crippen molar-refractivity contribution < 1.29 is 9.90 Å². The SMILES string of the molecule is C[C@@H]1CN(Cc2nc3ccccc3s2)C[C@H]1C(=O)O. The third-order valence-corrected chi connectivity index (χ3v) is 4.72. The number of likely N-dealkylation sites (tertiary alicyclic amines) is 1. The van der Waals surface area contributed by atoms with Crippen molar-refractivity contribution in [3.63, 3.8) is 0 Å². The van der Waals surface area contributed by atoms with Crippen molar-refractivity contribution in [3.05, 3.63) is 29.3 Å². The zero-order valence-electron chi connectivity index (χ0n) is 10.7. The summed E-state index contributed by atoms with van der Waals surface area (Å²) in [6.07, 6.45) is 0. The fraction of sp³-hybridized carbons (Fsp3) is 0.429. The van der Waals surface area contributed by atoms with Gasteiger partial charge in [0, 0.05) is 13.1 Å². The molecule has 1 saturated heterocycles. The van der Waals surface area contributed by atoms with E-state index >= 15 is 0 Å². The van der Waals surface area contributed by atoms with Crippen LogP contribution in [0.1, 0.15) is 11.9 Å². The van der Waals surface area contributed by atoms with Crippen LogP contribution in [0.15, 0.2) is 24.3 Å². The molecular weight excluding hydrogens is 260 g/mol. The van der Waals surface area contributed by atoms with Gasteiger partial charge in [-0.05, 0) is 18.1 Å². The number of carbonyl (C=O) groups is 1. The second kappa shape index (κ2) is 4.90. The Labute approximate surface area is 115 Å². The average molecular weight is 276 g/mol. The lowest BCUT2D eigenvalue weighted by Crippen LogP contribution is -2.23. The van der Waals surface area contributed by atoms with E-state index in [-0.39, 0.29) is 11.8 Å². The summed E-state index contributed by atoms with van der Waals surface area (Å²) in [5.41, 5.74) is 1.03. The Morgan fingerprint density at radius 3 is 2.95 bits per heavy atom. The normalized spacial score (nSPS) is 24.1. The first-order valence-electron chi connectivity index (χ1n) is 6.43. The van der Waals surface area contributed by atoms with Crippen LogP contribution < -0.4 is 0 Å². The Kier molecular flexibility index (Phi) is 3.24. The largest absolute Gasteiger partial charge is 0.481 e. The van der Waals surface area contributed by atoms with Gasteiger partial charge in [0.05, 0.1) is 22.7 Å². The minimum atomic E-state index is -0.681. The molecule has 1 aromatic heterocycles. The number of hydrogen-bond acceptors (Lipinski definition) is 4. The van der Waals surface area contributed by atoms with Gasteiger partial charge in [-0.3, -0.25) is 9.69 Å². The van der Waals surface area contributed by atoms with Crippen LogP contribution in [0.5, 0.6) is 0 Å². The number of rotatable bonds is 3. The Morgan fingerprint density at radius 2 is 2.26 bits per heavy atom. The van der Waals surface area contributed by atoms with Crippen molar-refractivity contribution >= 4 is 27.5 Å². The molecule has 4 nitrogen and oxygen atoms in total. The molecule has 2 aromatic rings. The fourth-order valence-electron chi connectivity index (χ4n) is 2.70. The molecule has 2 atom stereocenters. The van der Waals surface area contributed by atoms with Gasteiger partial charge in [0.2, 0.25) is 0 Å². The molecule has 100 valence electrons. The molecule has 0 radical (unpaired) electrons. The van der Waals surface area contributed by atoms with Crippen molar-refractivity contribution in [2.24, 2.45) is 11.8 Å². The molecule has 0 saturated carbocycles. The van der Waals surface area contributed by atoms with Crippen molar-refractivity contribution in [1.82, 2.24) is 9.88 Å². The van der Waals surface area contributed by atoms with Crippen LogP contribution in [0.4, 0.5) is 0 Å². The highest BCUT2D eigenvalue weighted by Gasteiger charge is 2.34. The molecule has 2 heterocycles. The van der Waals surface area contributed by atoms with Gasteiger partial charge >= 0.3 is 5.97 Å². The van der Waals surface area contributed by atoms with Crippen LogP contribution in [0.2, 0.25) is 0 Å². The lowest BCUT2D eigenvalue weighted by molar-refractivity contribution is -0.142. The van der Waals surface area contributed by atoms with E-state index < -0.39 is 5.97 Å². The van der Waals surface area contributed by atoms with Gasteiger partial charge in [-0.1, -0.05) is 19.1 Å². The first-order chi connectivity index (χ1) is 9.13. The minimum absolute atomic E-state index is 0.215. The molecule has 19 heavy (non-hydrogen) atoms. The van der Waals surface area contributed by atoms with E-state index in [4.69, 9.17) is 5.11 Å². The summed E-state index contributed by atoms with van der Waals surface area (Å²) in [4.78, 5) is 17.9. The monoisotopic (exact) mass is 276 g/mol. The van der Waals surface area contributed by atoms with Crippen LogP contribution in [0.25, 0.3) is 10.2 Å². The molecule has 1 N–H and O–H groups in total. The molecule has 0 spiro atoms. The van der Waals surface area contributed by atoms with Gasteiger partial charge in [0.25, 0.3) is 0 Å². The van der Waals surface area contributed by atoms with Gasteiger partial charge in [0.15, 0.2) is 0 Å². The highest BCUT2D eigenvalue weighted by atomic mass is 32.1. The molecule has 1 fully saturated rings.